The smallest absolute Gasteiger partial charge is 0.234 e. The summed E-state index contributed by atoms with van der Waals surface area (Å²) in [6.45, 7) is 8.80. The van der Waals surface area contributed by atoms with Crippen LogP contribution in [0.4, 0.5) is 10.1 Å². The van der Waals surface area contributed by atoms with Crippen LogP contribution in [0.25, 0.3) is 0 Å². The molecule has 0 spiro atoms. The summed E-state index contributed by atoms with van der Waals surface area (Å²) in [4.78, 5) is 16.1. The molecule has 1 aromatic carbocycles. The van der Waals surface area contributed by atoms with Crippen LogP contribution < -0.4 is 16.0 Å². The molecule has 1 saturated heterocycles. The quantitative estimate of drug-likeness (QED) is 0.772. The van der Waals surface area contributed by atoms with Crippen LogP contribution in [0.1, 0.15) is 25.5 Å². The molecule has 2 rings (SSSR count). The van der Waals surface area contributed by atoms with E-state index >= 15 is 0 Å². The molecule has 1 atom stereocenters. The van der Waals surface area contributed by atoms with Crippen molar-refractivity contribution in [3.8, 4) is 0 Å². The van der Waals surface area contributed by atoms with Crippen molar-refractivity contribution >= 4 is 48.8 Å². The van der Waals surface area contributed by atoms with Crippen molar-refractivity contribution in [3.63, 3.8) is 0 Å². The van der Waals surface area contributed by atoms with E-state index in [0.717, 1.165) is 44.0 Å². The number of amides is 1. The Hall–Kier alpha value is -0.790. The van der Waals surface area contributed by atoms with E-state index in [9.17, 15) is 9.18 Å². The minimum absolute atomic E-state index is 0. The first-order valence-electron chi connectivity index (χ1n) is 7.81. The summed E-state index contributed by atoms with van der Waals surface area (Å²) in [5, 5.41) is 2.80. The maximum atomic E-state index is 13.6. The number of nitrogens with one attached hydrogen (secondary N) is 1. The van der Waals surface area contributed by atoms with Crippen LogP contribution in [0, 0.1) is 5.82 Å². The number of rotatable bonds is 5. The second-order valence-corrected chi connectivity index (χ2v) is 5.62. The number of likely N-dealkylation sites (N-methyl/N-ethyl adjacent to an activating group) is 1. The molecule has 5 nitrogen and oxygen atoms in total. The molecule has 0 radical (unpaired) electrons. The first kappa shape index (κ1) is 26.4. The van der Waals surface area contributed by atoms with Gasteiger partial charge in [-0.1, -0.05) is 6.92 Å². The van der Waals surface area contributed by atoms with Crippen LogP contribution in [0.3, 0.4) is 0 Å². The third-order valence-electron chi connectivity index (χ3n) is 4.18. The van der Waals surface area contributed by atoms with Gasteiger partial charge in [0.2, 0.25) is 5.91 Å². The standard InChI is InChI=1S/C16H25FN4O.3ClH/c1-3-20-6-8-21(9-7-20)15-5-4-13(17)10-14(15)12(2)19-16(22)11-18;;;/h4-5,10,12H,3,6-9,11,18H2,1-2H3,(H,19,22);3*1H. The zero-order chi connectivity index (χ0) is 16.1. The fourth-order valence-electron chi connectivity index (χ4n) is 2.84. The maximum absolute atomic E-state index is 13.6. The van der Waals surface area contributed by atoms with Crippen molar-refractivity contribution in [1.29, 1.82) is 0 Å². The van der Waals surface area contributed by atoms with Gasteiger partial charge in [-0.15, -0.1) is 37.2 Å². The van der Waals surface area contributed by atoms with Gasteiger partial charge in [0.15, 0.2) is 0 Å². The highest BCUT2D eigenvalue weighted by atomic mass is 35.5. The number of carbonyl (C=O) groups excluding carboxylic acids is 1. The molecule has 1 heterocycles. The van der Waals surface area contributed by atoms with E-state index in [2.05, 4.69) is 22.0 Å². The van der Waals surface area contributed by atoms with Crippen molar-refractivity contribution in [2.75, 3.05) is 44.2 Å². The number of nitrogens with zero attached hydrogens (tertiary/aromatic N) is 2. The van der Waals surface area contributed by atoms with E-state index < -0.39 is 0 Å². The van der Waals surface area contributed by atoms with E-state index in [1.165, 1.54) is 12.1 Å². The molecule has 9 heteroatoms. The highest BCUT2D eigenvalue weighted by molar-refractivity contribution is 5.86. The summed E-state index contributed by atoms with van der Waals surface area (Å²) in [5.74, 6) is -0.529. The predicted octanol–water partition coefficient (Wildman–Crippen LogP) is 2.37. The lowest BCUT2D eigenvalue weighted by Crippen LogP contribution is -2.46. The zero-order valence-electron chi connectivity index (χ0n) is 14.5. The summed E-state index contributed by atoms with van der Waals surface area (Å²) >= 11 is 0. The summed E-state index contributed by atoms with van der Waals surface area (Å²) in [5.41, 5.74) is 7.12. The number of piperazine rings is 1. The number of benzene rings is 1. The van der Waals surface area contributed by atoms with Crippen LogP contribution >= 0.6 is 37.2 Å². The average Bonchev–Trinajstić information content (AvgIpc) is 2.54. The number of hydrogen-bond acceptors (Lipinski definition) is 4. The minimum Gasteiger partial charge on any atom is -0.369 e. The second-order valence-electron chi connectivity index (χ2n) is 5.62. The topological polar surface area (TPSA) is 61.6 Å². The Morgan fingerprint density at radius 2 is 1.84 bits per heavy atom. The van der Waals surface area contributed by atoms with E-state index in [1.54, 1.807) is 6.07 Å². The van der Waals surface area contributed by atoms with Gasteiger partial charge in [-0.25, -0.2) is 4.39 Å². The van der Waals surface area contributed by atoms with Gasteiger partial charge in [0.1, 0.15) is 5.82 Å². The van der Waals surface area contributed by atoms with E-state index in [4.69, 9.17) is 5.73 Å². The largest absolute Gasteiger partial charge is 0.369 e. The molecular weight excluding hydrogens is 390 g/mol. The van der Waals surface area contributed by atoms with Crippen molar-refractivity contribution in [2.45, 2.75) is 19.9 Å². The molecule has 1 amide bonds. The molecule has 0 aliphatic carbocycles. The lowest BCUT2D eigenvalue weighted by Gasteiger charge is -2.37. The summed E-state index contributed by atoms with van der Waals surface area (Å²) < 4.78 is 13.6. The van der Waals surface area contributed by atoms with Gasteiger partial charge in [-0.2, -0.15) is 0 Å². The number of halogens is 4. The van der Waals surface area contributed by atoms with Crippen LogP contribution in [0.15, 0.2) is 18.2 Å². The van der Waals surface area contributed by atoms with E-state index in [-0.39, 0.29) is 61.5 Å². The summed E-state index contributed by atoms with van der Waals surface area (Å²) in [7, 11) is 0. The summed E-state index contributed by atoms with van der Waals surface area (Å²) in [6, 6.07) is 4.51. The SMILES string of the molecule is CCN1CCN(c2ccc(F)cc2C(C)NC(=O)CN)CC1.Cl.Cl.Cl. The Bertz CT molecular complexity index is 528. The fourth-order valence-corrected chi connectivity index (χ4v) is 2.84. The van der Waals surface area contributed by atoms with Crippen LogP contribution in [0.5, 0.6) is 0 Å². The number of hydrogen-bond donors (Lipinski definition) is 2. The average molecular weight is 418 g/mol. The molecule has 0 saturated carbocycles. The summed E-state index contributed by atoms with van der Waals surface area (Å²) in [6.07, 6.45) is 0. The van der Waals surface area contributed by atoms with Gasteiger partial charge in [0.25, 0.3) is 0 Å². The van der Waals surface area contributed by atoms with E-state index in [0.29, 0.717) is 0 Å². The van der Waals surface area contributed by atoms with Gasteiger partial charge in [-0.05, 0) is 31.7 Å². The molecule has 0 aromatic heterocycles. The van der Waals surface area contributed by atoms with Gasteiger partial charge in [-0.3, -0.25) is 4.79 Å². The lowest BCUT2D eigenvalue weighted by molar-refractivity contribution is -0.120. The van der Waals surface area contributed by atoms with E-state index in [1.807, 2.05) is 6.92 Å². The van der Waals surface area contributed by atoms with Crippen LogP contribution in [-0.4, -0.2) is 50.1 Å². The third kappa shape index (κ3) is 7.15. The molecular formula is C16H28Cl3FN4O. The molecule has 146 valence electrons. The monoisotopic (exact) mass is 416 g/mol. The minimum atomic E-state index is -0.292. The number of carbonyl (C=O) groups is 1. The van der Waals surface area contributed by atoms with Crippen LogP contribution in [0.2, 0.25) is 0 Å². The zero-order valence-corrected chi connectivity index (χ0v) is 17.0. The lowest BCUT2D eigenvalue weighted by atomic mass is 10.0. The van der Waals surface area contributed by atoms with Crippen molar-refractivity contribution < 1.29 is 9.18 Å². The first-order valence-corrected chi connectivity index (χ1v) is 7.81. The Morgan fingerprint density at radius 3 is 2.36 bits per heavy atom. The normalized spacial score (nSPS) is 15.3. The van der Waals surface area contributed by atoms with Gasteiger partial charge < -0.3 is 20.9 Å². The van der Waals surface area contributed by atoms with Gasteiger partial charge >= 0.3 is 0 Å². The number of anilines is 1. The van der Waals surface area contributed by atoms with Crippen molar-refractivity contribution in [2.24, 2.45) is 5.73 Å². The highest BCUT2D eigenvalue weighted by Crippen LogP contribution is 2.28. The molecule has 1 aliphatic heterocycles. The Labute approximate surface area is 167 Å². The molecule has 1 fully saturated rings. The Kier molecular flexibility index (Phi) is 13.3. The second kappa shape index (κ2) is 12.5. The molecule has 1 aliphatic rings. The van der Waals surface area contributed by atoms with Crippen molar-refractivity contribution in [3.05, 3.63) is 29.6 Å². The third-order valence-corrected chi connectivity index (χ3v) is 4.18. The Balaban J connectivity index is 0. The van der Waals surface area contributed by atoms with Gasteiger partial charge in [0, 0.05) is 37.4 Å². The van der Waals surface area contributed by atoms with Crippen LogP contribution in [-0.2, 0) is 4.79 Å². The molecule has 1 unspecified atom stereocenters. The molecule has 1 aromatic rings. The fraction of sp³-hybridized carbons (Fsp3) is 0.562. The molecule has 3 N–H and O–H groups in total. The highest BCUT2D eigenvalue weighted by Gasteiger charge is 2.21. The molecule has 0 bridgehead atoms. The Morgan fingerprint density at radius 1 is 1.24 bits per heavy atom. The number of nitrogens with two attached hydrogens (primary N) is 1. The first-order chi connectivity index (χ1) is 10.5. The maximum Gasteiger partial charge on any atom is 0.234 e. The molecule has 25 heavy (non-hydrogen) atoms. The predicted molar refractivity (Wildman–Crippen MR) is 108 cm³/mol. The van der Waals surface area contributed by atoms with Gasteiger partial charge in [0.05, 0.1) is 12.6 Å². The van der Waals surface area contributed by atoms with Crippen molar-refractivity contribution in [1.82, 2.24) is 10.2 Å².